The molecule has 0 fully saturated rings. The summed E-state index contributed by atoms with van der Waals surface area (Å²) < 4.78 is 1.06. The van der Waals surface area contributed by atoms with E-state index in [4.69, 9.17) is 23.2 Å². The van der Waals surface area contributed by atoms with Gasteiger partial charge < -0.3 is 5.11 Å². The Hall–Kier alpha value is -1.31. The van der Waals surface area contributed by atoms with Gasteiger partial charge in [0.25, 0.3) is 5.91 Å². The van der Waals surface area contributed by atoms with Gasteiger partial charge in [-0.2, -0.15) is 5.10 Å². The molecule has 2 rings (SSSR count). The molecule has 7 heteroatoms. The highest BCUT2D eigenvalue weighted by Crippen LogP contribution is 2.30. The number of rotatable bonds is 3. The maximum atomic E-state index is 11.9. The first-order valence-electron chi connectivity index (χ1n) is 5.74. The third-order valence-corrected chi connectivity index (χ3v) is 3.68. The van der Waals surface area contributed by atoms with Crippen molar-refractivity contribution in [3.63, 3.8) is 0 Å². The van der Waals surface area contributed by atoms with Crippen molar-refractivity contribution < 1.29 is 9.90 Å². The normalized spacial score (nSPS) is 10.8. The number of carbonyl (C=O) groups excluding carboxylic acids is 1. The molecule has 0 heterocycles. The SMILES string of the molecule is O=C(N/N=C/c1cccc(I)c1)c1cc(Cl)cc(Cl)c1O. The Labute approximate surface area is 144 Å². The average Bonchev–Trinajstić information content (AvgIpc) is 2.42. The largest absolute Gasteiger partial charge is 0.506 e. The van der Waals surface area contributed by atoms with Crippen LogP contribution in [0, 0.1) is 3.57 Å². The van der Waals surface area contributed by atoms with Crippen molar-refractivity contribution in [3.8, 4) is 5.75 Å². The quantitative estimate of drug-likeness (QED) is 0.434. The lowest BCUT2D eigenvalue weighted by atomic mass is 10.2. The van der Waals surface area contributed by atoms with Crippen LogP contribution >= 0.6 is 45.8 Å². The summed E-state index contributed by atoms with van der Waals surface area (Å²) in [5.74, 6) is -0.929. The molecule has 0 aliphatic carbocycles. The highest BCUT2D eigenvalue weighted by atomic mass is 127. The first-order chi connectivity index (χ1) is 9.97. The molecule has 2 aromatic carbocycles. The van der Waals surface area contributed by atoms with Crippen molar-refractivity contribution in [1.82, 2.24) is 5.43 Å². The molecule has 2 aromatic rings. The van der Waals surface area contributed by atoms with E-state index in [2.05, 4.69) is 33.1 Å². The number of nitrogens with zero attached hydrogens (tertiary/aromatic N) is 1. The number of hydrogen-bond acceptors (Lipinski definition) is 3. The first-order valence-corrected chi connectivity index (χ1v) is 7.58. The summed E-state index contributed by atoms with van der Waals surface area (Å²) in [5, 5.41) is 13.8. The fourth-order valence-corrected chi connectivity index (χ4v) is 2.61. The second-order valence-electron chi connectivity index (χ2n) is 4.04. The van der Waals surface area contributed by atoms with Gasteiger partial charge in [0.15, 0.2) is 0 Å². The Morgan fingerprint density at radius 1 is 1.29 bits per heavy atom. The van der Waals surface area contributed by atoms with Gasteiger partial charge in [-0.3, -0.25) is 4.79 Å². The fourth-order valence-electron chi connectivity index (χ4n) is 1.55. The molecule has 0 aliphatic heterocycles. The maximum Gasteiger partial charge on any atom is 0.275 e. The van der Waals surface area contributed by atoms with Crippen molar-refractivity contribution in [3.05, 3.63) is 61.1 Å². The minimum absolute atomic E-state index is 0.00856. The van der Waals surface area contributed by atoms with E-state index in [9.17, 15) is 9.90 Å². The van der Waals surface area contributed by atoms with Crippen molar-refractivity contribution in [2.24, 2.45) is 5.10 Å². The molecule has 2 N–H and O–H groups in total. The molecule has 0 spiro atoms. The molecular formula is C14H9Cl2IN2O2. The number of phenols is 1. The van der Waals surface area contributed by atoms with Gasteiger partial charge >= 0.3 is 0 Å². The summed E-state index contributed by atoms with van der Waals surface area (Å²) in [7, 11) is 0. The second kappa shape index (κ2) is 7.11. The maximum absolute atomic E-state index is 11.9. The Morgan fingerprint density at radius 2 is 2.05 bits per heavy atom. The van der Waals surface area contributed by atoms with Crippen LogP contribution < -0.4 is 5.43 Å². The van der Waals surface area contributed by atoms with Crippen molar-refractivity contribution in [2.75, 3.05) is 0 Å². The third-order valence-electron chi connectivity index (χ3n) is 2.50. The van der Waals surface area contributed by atoms with E-state index in [-0.39, 0.29) is 21.4 Å². The van der Waals surface area contributed by atoms with Crippen LogP contribution in [-0.4, -0.2) is 17.2 Å². The zero-order valence-electron chi connectivity index (χ0n) is 10.5. The van der Waals surface area contributed by atoms with Gasteiger partial charge in [-0.1, -0.05) is 35.3 Å². The minimum atomic E-state index is -0.598. The number of benzene rings is 2. The van der Waals surface area contributed by atoms with E-state index in [0.717, 1.165) is 9.13 Å². The van der Waals surface area contributed by atoms with Crippen LogP contribution in [-0.2, 0) is 0 Å². The Bertz CT molecular complexity index is 720. The topological polar surface area (TPSA) is 61.7 Å². The van der Waals surface area contributed by atoms with Gasteiger partial charge in [-0.15, -0.1) is 0 Å². The molecule has 1 amide bonds. The molecule has 4 nitrogen and oxygen atoms in total. The average molecular weight is 435 g/mol. The fraction of sp³-hybridized carbons (Fsp3) is 0. The lowest BCUT2D eigenvalue weighted by Gasteiger charge is -2.05. The summed E-state index contributed by atoms with van der Waals surface area (Å²) in [6, 6.07) is 10.3. The van der Waals surface area contributed by atoms with Crippen LogP contribution in [0.15, 0.2) is 41.5 Å². The van der Waals surface area contributed by atoms with Gasteiger partial charge in [0.1, 0.15) is 5.75 Å². The van der Waals surface area contributed by atoms with Gasteiger partial charge in [-0.05, 0) is 52.4 Å². The van der Waals surface area contributed by atoms with Gasteiger partial charge in [0.05, 0.1) is 16.8 Å². The van der Waals surface area contributed by atoms with E-state index in [1.165, 1.54) is 18.3 Å². The monoisotopic (exact) mass is 434 g/mol. The van der Waals surface area contributed by atoms with E-state index in [0.29, 0.717) is 0 Å². The Balaban J connectivity index is 2.12. The van der Waals surface area contributed by atoms with E-state index >= 15 is 0 Å². The van der Waals surface area contributed by atoms with Crippen LogP contribution in [0.4, 0.5) is 0 Å². The van der Waals surface area contributed by atoms with Crippen molar-refractivity contribution in [2.45, 2.75) is 0 Å². The van der Waals surface area contributed by atoms with E-state index in [1.807, 2.05) is 24.3 Å². The number of hydrogen-bond donors (Lipinski definition) is 2. The van der Waals surface area contributed by atoms with E-state index < -0.39 is 5.91 Å². The van der Waals surface area contributed by atoms with Gasteiger partial charge in [0.2, 0.25) is 0 Å². The first kappa shape index (κ1) is 16.1. The molecule has 0 unspecified atom stereocenters. The molecule has 0 aliphatic rings. The number of halogens is 3. The summed E-state index contributed by atoms with van der Waals surface area (Å²) in [6.07, 6.45) is 1.50. The van der Waals surface area contributed by atoms with Crippen molar-refractivity contribution >= 4 is 57.9 Å². The van der Waals surface area contributed by atoms with E-state index in [1.54, 1.807) is 0 Å². The molecule has 0 saturated carbocycles. The van der Waals surface area contributed by atoms with Gasteiger partial charge in [-0.25, -0.2) is 5.43 Å². The standard InChI is InChI=1S/C14H9Cl2IN2O2/c15-9-5-11(13(20)12(16)6-9)14(21)19-18-7-8-2-1-3-10(17)4-8/h1-7,20H,(H,19,21)/b18-7+. The summed E-state index contributed by atoms with van der Waals surface area (Å²) >= 11 is 13.7. The van der Waals surface area contributed by atoms with Crippen LogP contribution in [0.1, 0.15) is 15.9 Å². The number of phenolic OH excluding ortho intramolecular Hbond substituents is 1. The molecule has 0 aromatic heterocycles. The number of aromatic hydroxyl groups is 1. The highest BCUT2D eigenvalue weighted by molar-refractivity contribution is 14.1. The van der Waals surface area contributed by atoms with Crippen LogP contribution in [0.3, 0.4) is 0 Å². The van der Waals surface area contributed by atoms with Gasteiger partial charge in [0, 0.05) is 8.59 Å². The number of amides is 1. The zero-order chi connectivity index (χ0) is 15.4. The summed E-state index contributed by atoms with van der Waals surface area (Å²) in [6.45, 7) is 0. The minimum Gasteiger partial charge on any atom is -0.506 e. The molecule has 21 heavy (non-hydrogen) atoms. The molecule has 108 valence electrons. The lowest BCUT2D eigenvalue weighted by molar-refractivity contribution is 0.0952. The van der Waals surface area contributed by atoms with Crippen molar-refractivity contribution in [1.29, 1.82) is 0 Å². The lowest BCUT2D eigenvalue weighted by Crippen LogP contribution is -2.17. The molecule has 0 saturated heterocycles. The molecule has 0 atom stereocenters. The summed E-state index contributed by atoms with van der Waals surface area (Å²) in [5.41, 5.74) is 3.12. The molecule has 0 radical (unpaired) electrons. The number of carbonyl (C=O) groups is 1. The van der Waals surface area contributed by atoms with Crippen LogP contribution in [0.25, 0.3) is 0 Å². The predicted octanol–water partition coefficient (Wildman–Crippen LogP) is 4.07. The molecular weight excluding hydrogens is 426 g/mol. The van der Waals surface area contributed by atoms with Crippen LogP contribution in [0.2, 0.25) is 10.0 Å². The Kier molecular flexibility index (Phi) is 5.44. The summed E-state index contributed by atoms with van der Waals surface area (Å²) in [4.78, 5) is 11.9. The second-order valence-corrected chi connectivity index (χ2v) is 6.13. The number of hydrazone groups is 1. The van der Waals surface area contributed by atoms with Crippen LogP contribution in [0.5, 0.6) is 5.75 Å². The zero-order valence-corrected chi connectivity index (χ0v) is 14.1. The predicted molar refractivity (Wildman–Crippen MR) is 92.3 cm³/mol. The third kappa shape index (κ3) is 4.33. The highest BCUT2D eigenvalue weighted by Gasteiger charge is 2.14. The smallest absolute Gasteiger partial charge is 0.275 e. The molecule has 0 bridgehead atoms. The number of nitrogens with one attached hydrogen (secondary N) is 1. The Morgan fingerprint density at radius 3 is 2.76 bits per heavy atom.